The molecule has 0 bridgehead atoms. The van der Waals surface area contributed by atoms with Crippen molar-refractivity contribution in [2.75, 3.05) is 17.2 Å². The van der Waals surface area contributed by atoms with Crippen LogP contribution in [0.3, 0.4) is 0 Å². The number of carbonyl (C=O) groups excluding carboxylic acids is 1. The maximum atomic E-state index is 12.5. The van der Waals surface area contributed by atoms with Crippen LogP contribution in [0.1, 0.15) is 73.6 Å². The molecular weight excluding hydrogens is 372 g/mol. The Bertz CT molecular complexity index is 902. The van der Waals surface area contributed by atoms with Crippen LogP contribution in [0.5, 0.6) is 0 Å². The van der Waals surface area contributed by atoms with Crippen molar-refractivity contribution in [3.05, 3.63) is 59.2 Å². The Balaban J connectivity index is 1.38. The van der Waals surface area contributed by atoms with Gasteiger partial charge in [-0.2, -0.15) is 0 Å². The lowest BCUT2D eigenvalue weighted by Gasteiger charge is -2.44. The molecule has 0 aromatic heterocycles. The van der Waals surface area contributed by atoms with Crippen LogP contribution in [0.15, 0.2) is 42.5 Å². The van der Waals surface area contributed by atoms with E-state index < -0.39 is 0 Å². The van der Waals surface area contributed by atoms with Crippen LogP contribution >= 0.6 is 0 Å². The molecule has 2 heterocycles. The van der Waals surface area contributed by atoms with Crippen molar-refractivity contribution in [2.24, 2.45) is 5.92 Å². The molecule has 2 aromatic carbocycles. The summed E-state index contributed by atoms with van der Waals surface area (Å²) in [5, 5.41) is 6.96. The minimum absolute atomic E-state index is 0.0587. The molecule has 4 heteroatoms. The molecule has 2 N–H and O–H groups in total. The van der Waals surface area contributed by atoms with Crippen molar-refractivity contribution >= 4 is 17.3 Å². The summed E-state index contributed by atoms with van der Waals surface area (Å²) in [5.41, 5.74) is 6.20. The SMILES string of the molecule is Cc1ccc(C2Nc3ccc(NC(=O)CC4CCCO4)cc3C3CCCCC32)cc1. The van der Waals surface area contributed by atoms with Gasteiger partial charge >= 0.3 is 0 Å². The van der Waals surface area contributed by atoms with E-state index in [9.17, 15) is 4.79 Å². The zero-order valence-corrected chi connectivity index (χ0v) is 17.8. The van der Waals surface area contributed by atoms with E-state index in [4.69, 9.17) is 4.74 Å². The van der Waals surface area contributed by atoms with E-state index in [-0.39, 0.29) is 12.0 Å². The van der Waals surface area contributed by atoms with Crippen LogP contribution in [0, 0.1) is 12.8 Å². The molecule has 5 rings (SSSR count). The number of anilines is 2. The number of hydrogen-bond acceptors (Lipinski definition) is 3. The van der Waals surface area contributed by atoms with Gasteiger partial charge in [0.1, 0.15) is 0 Å². The number of nitrogens with one attached hydrogen (secondary N) is 2. The highest BCUT2D eigenvalue weighted by atomic mass is 16.5. The van der Waals surface area contributed by atoms with Crippen LogP contribution in [-0.2, 0) is 9.53 Å². The number of ether oxygens (including phenoxy) is 1. The Morgan fingerprint density at radius 2 is 1.90 bits per heavy atom. The van der Waals surface area contributed by atoms with Crippen LogP contribution in [-0.4, -0.2) is 18.6 Å². The average Bonchev–Trinajstić information content (AvgIpc) is 3.27. The van der Waals surface area contributed by atoms with Crippen molar-refractivity contribution in [1.82, 2.24) is 0 Å². The molecule has 2 fully saturated rings. The molecule has 3 aliphatic rings. The van der Waals surface area contributed by atoms with Crippen molar-refractivity contribution in [1.29, 1.82) is 0 Å². The van der Waals surface area contributed by atoms with E-state index in [0.29, 0.717) is 24.3 Å². The molecule has 1 saturated carbocycles. The normalized spacial score (nSPS) is 27.6. The Hall–Kier alpha value is -2.33. The largest absolute Gasteiger partial charge is 0.378 e. The van der Waals surface area contributed by atoms with Crippen molar-refractivity contribution < 1.29 is 9.53 Å². The number of fused-ring (bicyclic) bond motifs is 3. The maximum Gasteiger partial charge on any atom is 0.226 e. The first-order valence-electron chi connectivity index (χ1n) is 11.6. The van der Waals surface area contributed by atoms with Gasteiger partial charge < -0.3 is 15.4 Å². The molecule has 0 spiro atoms. The second-order valence-corrected chi connectivity index (χ2v) is 9.28. The summed E-state index contributed by atoms with van der Waals surface area (Å²) in [5.74, 6) is 1.21. The topological polar surface area (TPSA) is 50.4 Å². The number of aryl methyl sites for hydroxylation is 1. The summed E-state index contributed by atoms with van der Waals surface area (Å²) < 4.78 is 5.61. The molecule has 1 saturated heterocycles. The number of amides is 1. The minimum Gasteiger partial charge on any atom is -0.378 e. The van der Waals surface area contributed by atoms with Gasteiger partial charge in [-0.1, -0.05) is 42.7 Å². The van der Waals surface area contributed by atoms with Gasteiger partial charge in [-0.3, -0.25) is 4.79 Å². The molecular formula is C26H32N2O2. The Morgan fingerprint density at radius 3 is 2.70 bits per heavy atom. The fourth-order valence-electron chi connectivity index (χ4n) is 5.63. The standard InChI is InChI=1S/C26H32N2O2/c1-17-8-10-18(11-9-17)26-22-7-3-2-6-21(22)23-15-19(12-13-24(23)28-26)27-25(29)16-20-5-4-14-30-20/h8-13,15,20-22,26,28H,2-7,14,16H2,1H3,(H,27,29). The zero-order chi connectivity index (χ0) is 20.5. The number of rotatable bonds is 4. The summed E-state index contributed by atoms with van der Waals surface area (Å²) in [7, 11) is 0. The molecule has 4 unspecified atom stereocenters. The highest BCUT2D eigenvalue weighted by Gasteiger charge is 2.38. The van der Waals surface area contributed by atoms with Crippen LogP contribution in [0.4, 0.5) is 11.4 Å². The van der Waals surface area contributed by atoms with Gasteiger partial charge in [0.15, 0.2) is 0 Å². The number of benzene rings is 2. The van der Waals surface area contributed by atoms with E-state index >= 15 is 0 Å². The first-order valence-corrected chi connectivity index (χ1v) is 11.6. The average molecular weight is 405 g/mol. The second kappa shape index (κ2) is 8.43. The zero-order valence-electron chi connectivity index (χ0n) is 17.8. The molecule has 0 radical (unpaired) electrons. The first kappa shape index (κ1) is 19.6. The summed E-state index contributed by atoms with van der Waals surface area (Å²) >= 11 is 0. The van der Waals surface area contributed by atoms with Crippen molar-refractivity contribution in [2.45, 2.75) is 69.9 Å². The molecule has 2 aliphatic heterocycles. The van der Waals surface area contributed by atoms with Crippen molar-refractivity contribution in [3.63, 3.8) is 0 Å². The molecule has 4 atom stereocenters. The Labute approximate surface area is 179 Å². The van der Waals surface area contributed by atoms with E-state index in [2.05, 4.69) is 54.0 Å². The van der Waals surface area contributed by atoms with E-state index in [1.54, 1.807) is 0 Å². The van der Waals surface area contributed by atoms with E-state index in [1.165, 1.54) is 48.1 Å². The second-order valence-electron chi connectivity index (χ2n) is 9.28. The summed E-state index contributed by atoms with van der Waals surface area (Å²) in [6.45, 7) is 2.93. The smallest absolute Gasteiger partial charge is 0.226 e. The van der Waals surface area contributed by atoms with Gasteiger partial charge in [0.05, 0.1) is 18.6 Å². The monoisotopic (exact) mass is 404 g/mol. The third-order valence-electron chi connectivity index (χ3n) is 7.17. The summed E-state index contributed by atoms with van der Waals surface area (Å²) in [6.07, 6.45) is 7.67. The highest BCUT2D eigenvalue weighted by Crippen LogP contribution is 2.51. The molecule has 1 aliphatic carbocycles. The minimum atomic E-state index is 0.0587. The molecule has 1 amide bonds. The van der Waals surface area contributed by atoms with Gasteiger partial charge in [-0.05, 0) is 73.8 Å². The van der Waals surface area contributed by atoms with Gasteiger partial charge in [-0.25, -0.2) is 0 Å². The predicted octanol–water partition coefficient (Wildman–Crippen LogP) is 5.94. The number of hydrogen-bond donors (Lipinski definition) is 2. The first-order chi connectivity index (χ1) is 14.7. The summed E-state index contributed by atoms with van der Waals surface area (Å²) in [6, 6.07) is 15.8. The molecule has 2 aromatic rings. The van der Waals surface area contributed by atoms with E-state index in [1.807, 2.05) is 6.07 Å². The van der Waals surface area contributed by atoms with Crippen LogP contribution in [0.2, 0.25) is 0 Å². The molecule has 30 heavy (non-hydrogen) atoms. The number of carbonyl (C=O) groups is 1. The quantitative estimate of drug-likeness (QED) is 0.663. The fourth-order valence-corrected chi connectivity index (χ4v) is 5.63. The lowest BCUT2D eigenvalue weighted by atomic mass is 9.68. The highest BCUT2D eigenvalue weighted by molar-refractivity contribution is 5.91. The predicted molar refractivity (Wildman–Crippen MR) is 121 cm³/mol. The lowest BCUT2D eigenvalue weighted by Crippen LogP contribution is -2.34. The fraction of sp³-hybridized carbons (Fsp3) is 0.500. The van der Waals surface area contributed by atoms with Gasteiger partial charge in [0, 0.05) is 18.0 Å². The maximum absolute atomic E-state index is 12.5. The Kier molecular flexibility index (Phi) is 5.51. The van der Waals surface area contributed by atoms with Crippen molar-refractivity contribution in [3.8, 4) is 0 Å². The van der Waals surface area contributed by atoms with E-state index in [0.717, 1.165) is 25.1 Å². The summed E-state index contributed by atoms with van der Waals surface area (Å²) in [4.78, 5) is 12.5. The molecule has 4 nitrogen and oxygen atoms in total. The third kappa shape index (κ3) is 3.98. The van der Waals surface area contributed by atoms with Gasteiger partial charge in [0.25, 0.3) is 0 Å². The van der Waals surface area contributed by atoms with Crippen LogP contribution < -0.4 is 10.6 Å². The van der Waals surface area contributed by atoms with Crippen LogP contribution in [0.25, 0.3) is 0 Å². The van der Waals surface area contributed by atoms with Gasteiger partial charge in [-0.15, -0.1) is 0 Å². The third-order valence-corrected chi connectivity index (χ3v) is 7.17. The lowest BCUT2D eigenvalue weighted by molar-refractivity contribution is -0.118. The Morgan fingerprint density at radius 1 is 1.07 bits per heavy atom. The molecule has 158 valence electrons. The van der Waals surface area contributed by atoms with Gasteiger partial charge in [0.2, 0.25) is 5.91 Å².